The van der Waals surface area contributed by atoms with E-state index in [0.717, 1.165) is 44.2 Å². The van der Waals surface area contributed by atoms with Gasteiger partial charge in [-0.3, -0.25) is 4.79 Å². The van der Waals surface area contributed by atoms with Crippen LogP contribution in [0.2, 0.25) is 0 Å². The van der Waals surface area contributed by atoms with Gasteiger partial charge in [-0.15, -0.1) is 0 Å². The third kappa shape index (κ3) is 4.51. The topological polar surface area (TPSA) is 75.3 Å². The SMILES string of the molecule is CCCCCNC(=O)c1ccc(F)c(S(=O)(=O)NC2CC2)c1. The molecule has 0 unspecified atom stereocenters. The maximum Gasteiger partial charge on any atom is 0.251 e. The number of amides is 1. The number of carbonyl (C=O) groups is 1. The van der Waals surface area contributed by atoms with Crippen LogP contribution in [-0.2, 0) is 10.0 Å². The molecule has 22 heavy (non-hydrogen) atoms. The van der Waals surface area contributed by atoms with Gasteiger partial charge in [0.05, 0.1) is 0 Å². The van der Waals surface area contributed by atoms with Gasteiger partial charge in [0.2, 0.25) is 10.0 Å². The fourth-order valence-corrected chi connectivity index (χ4v) is 3.42. The number of carbonyl (C=O) groups excluding carboxylic acids is 1. The highest BCUT2D eigenvalue weighted by Gasteiger charge is 2.30. The Hall–Kier alpha value is -1.47. The molecule has 0 aliphatic heterocycles. The number of hydrogen-bond acceptors (Lipinski definition) is 3. The maximum atomic E-state index is 13.8. The first kappa shape index (κ1) is 16.9. The first-order chi connectivity index (χ1) is 10.4. The molecule has 1 saturated carbocycles. The molecule has 0 saturated heterocycles. The zero-order chi connectivity index (χ0) is 16.2. The Morgan fingerprint density at radius 2 is 2.05 bits per heavy atom. The molecular formula is C15H21FN2O3S. The molecule has 122 valence electrons. The second kappa shape index (κ2) is 7.19. The molecule has 2 N–H and O–H groups in total. The van der Waals surface area contributed by atoms with Crippen molar-refractivity contribution in [3.8, 4) is 0 Å². The zero-order valence-corrected chi connectivity index (χ0v) is 13.4. The quantitative estimate of drug-likeness (QED) is 0.718. The molecule has 0 heterocycles. The Morgan fingerprint density at radius 3 is 2.68 bits per heavy atom. The monoisotopic (exact) mass is 328 g/mol. The standard InChI is InChI=1S/C15H21FN2O3S/c1-2-3-4-9-17-15(19)11-5-8-13(16)14(10-11)22(20,21)18-12-6-7-12/h5,8,10,12,18H,2-4,6-7,9H2,1H3,(H,17,19). The first-order valence-electron chi connectivity index (χ1n) is 7.54. The van der Waals surface area contributed by atoms with Crippen LogP contribution in [0, 0.1) is 5.82 Å². The molecular weight excluding hydrogens is 307 g/mol. The smallest absolute Gasteiger partial charge is 0.251 e. The van der Waals surface area contributed by atoms with Gasteiger partial charge in [-0.05, 0) is 37.5 Å². The molecule has 0 aromatic heterocycles. The average molecular weight is 328 g/mol. The molecule has 2 rings (SSSR count). The van der Waals surface area contributed by atoms with Crippen molar-refractivity contribution in [1.29, 1.82) is 0 Å². The van der Waals surface area contributed by atoms with E-state index in [2.05, 4.69) is 17.0 Å². The van der Waals surface area contributed by atoms with Gasteiger partial charge in [-0.1, -0.05) is 19.8 Å². The number of hydrogen-bond donors (Lipinski definition) is 2. The highest BCUT2D eigenvalue weighted by Crippen LogP contribution is 2.24. The Morgan fingerprint density at radius 1 is 1.32 bits per heavy atom. The van der Waals surface area contributed by atoms with Gasteiger partial charge >= 0.3 is 0 Å². The second-order valence-corrected chi connectivity index (χ2v) is 7.19. The van der Waals surface area contributed by atoms with Crippen LogP contribution in [0.4, 0.5) is 4.39 Å². The largest absolute Gasteiger partial charge is 0.352 e. The Labute approximate surface area is 130 Å². The van der Waals surface area contributed by atoms with Crippen molar-refractivity contribution in [2.45, 2.75) is 50.0 Å². The molecule has 1 aromatic carbocycles. The molecule has 0 bridgehead atoms. The molecule has 0 spiro atoms. The van der Waals surface area contributed by atoms with Gasteiger partial charge < -0.3 is 5.32 Å². The first-order valence-corrected chi connectivity index (χ1v) is 9.02. The summed E-state index contributed by atoms with van der Waals surface area (Å²) in [6.45, 7) is 2.58. The van der Waals surface area contributed by atoms with Crippen molar-refractivity contribution in [1.82, 2.24) is 10.0 Å². The van der Waals surface area contributed by atoms with E-state index in [0.29, 0.717) is 6.54 Å². The summed E-state index contributed by atoms with van der Waals surface area (Å²) in [7, 11) is -3.92. The minimum Gasteiger partial charge on any atom is -0.352 e. The number of unbranched alkanes of at least 4 members (excludes halogenated alkanes) is 2. The van der Waals surface area contributed by atoms with Gasteiger partial charge in [0.15, 0.2) is 0 Å². The Balaban J connectivity index is 2.10. The van der Waals surface area contributed by atoms with Gasteiger partial charge in [0.1, 0.15) is 10.7 Å². The maximum absolute atomic E-state index is 13.8. The number of benzene rings is 1. The van der Waals surface area contributed by atoms with Crippen molar-refractivity contribution >= 4 is 15.9 Å². The van der Waals surface area contributed by atoms with Crippen molar-refractivity contribution < 1.29 is 17.6 Å². The molecule has 7 heteroatoms. The zero-order valence-electron chi connectivity index (χ0n) is 12.6. The van der Waals surface area contributed by atoms with Gasteiger partial charge in [0, 0.05) is 18.2 Å². The molecule has 0 atom stereocenters. The fraction of sp³-hybridized carbons (Fsp3) is 0.533. The third-order valence-corrected chi connectivity index (χ3v) is 4.98. The summed E-state index contributed by atoms with van der Waals surface area (Å²) in [4.78, 5) is 11.5. The summed E-state index contributed by atoms with van der Waals surface area (Å²) in [5, 5.41) is 2.71. The third-order valence-electron chi connectivity index (χ3n) is 3.45. The van der Waals surface area contributed by atoms with E-state index in [9.17, 15) is 17.6 Å². The molecule has 1 aliphatic rings. The summed E-state index contributed by atoms with van der Waals surface area (Å²) >= 11 is 0. The summed E-state index contributed by atoms with van der Waals surface area (Å²) in [6.07, 6.45) is 4.44. The molecule has 1 aliphatic carbocycles. The molecule has 1 fully saturated rings. The van der Waals surface area contributed by atoms with Crippen molar-refractivity contribution in [2.75, 3.05) is 6.54 Å². The van der Waals surface area contributed by atoms with Crippen molar-refractivity contribution in [2.24, 2.45) is 0 Å². The van der Waals surface area contributed by atoms with Crippen molar-refractivity contribution in [3.05, 3.63) is 29.6 Å². The predicted molar refractivity (Wildman–Crippen MR) is 81.6 cm³/mol. The predicted octanol–water partition coefficient (Wildman–Crippen LogP) is 2.19. The minimum atomic E-state index is -3.92. The number of sulfonamides is 1. The van der Waals surface area contributed by atoms with E-state index in [1.165, 1.54) is 6.07 Å². The lowest BCUT2D eigenvalue weighted by Crippen LogP contribution is -2.28. The summed E-state index contributed by atoms with van der Waals surface area (Å²) in [5.74, 6) is -1.24. The van der Waals surface area contributed by atoms with E-state index < -0.39 is 20.7 Å². The summed E-state index contributed by atoms with van der Waals surface area (Å²) in [5.41, 5.74) is 0.147. The van der Waals surface area contributed by atoms with Crippen LogP contribution in [0.5, 0.6) is 0 Å². The average Bonchev–Trinajstić information content (AvgIpc) is 3.27. The van der Waals surface area contributed by atoms with E-state index in [4.69, 9.17) is 0 Å². The highest BCUT2D eigenvalue weighted by atomic mass is 32.2. The van der Waals surface area contributed by atoms with E-state index in [1.54, 1.807) is 0 Å². The van der Waals surface area contributed by atoms with E-state index in [1.807, 2.05) is 0 Å². The van der Waals surface area contributed by atoms with Crippen LogP contribution in [0.25, 0.3) is 0 Å². The summed E-state index contributed by atoms with van der Waals surface area (Å²) in [6, 6.07) is 3.29. The van der Waals surface area contributed by atoms with Crippen LogP contribution in [0.15, 0.2) is 23.1 Å². The van der Waals surface area contributed by atoms with Crippen LogP contribution in [0.3, 0.4) is 0 Å². The fourth-order valence-electron chi connectivity index (χ4n) is 2.01. The lowest BCUT2D eigenvalue weighted by atomic mass is 10.2. The molecule has 1 aromatic rings. The van der Waals surface area contributed by atoms with Gasteiger partial charge in [-0.25, -0.2) is 17.5 Å². The number of halogens is 1. The minimum absolute atomic E-state index is 0.115. The van der Waals surface area contributed by atoms with Crippen LogP contribution in [-0.4, -0.2) is 26.9 Å². The lowest BCUT2D eigenvalue weighted by Gasteiger charge is -2.09. The lowest BCUT2D eigenvalue weighted by molar-refractivity contribution is 0.0952. The molecule has 0 radical (unpaired) electrons. The highest BCUT2D eigenvalue weighted by molar-refractivity contribution is 7.89. The molecule has 5 nitrogen and oxygen atoms in total. The second-order valence-electron chi connectivity index (χ2n) is 5.50. The normalized spacial score (nSPS) is 14.8. The van der Waals surface area contributed by atoms with Gasteiger partial charge in [-0.2, -0.15) is 0 Å². The molecule has 1 amide bonds. The van der Waals surface area contributed by atoms with E-state index >= 15 is 0 Å². The van der Waals surface area contributed by atoms with E-state index in [-0.39, 0.29) is 17.5 Å². The van der Waals surface area contributed by atoms with Crippen LogP contribution in [0.1, 0.15) is 49.4 Å². The van der Waals surface area contributed by atoms with Gasteiger partial charge in [0.25, 0.3) is 5.91 Å². The Kier molecular flexibility index (Phi) is 5.52. The Bertz CT molecular complexity index is 642. The summed E-state index contributed by atoms with van der Waals surface area (Å²) < 4.78 is 40.4. The number of nitrogens with one attached hydrogen (secondary N) is 2. The number of rotatable bonds is 8. The van der Waals surface area contributed by atoms with Crippen LogP contribution < -0.4 is 10.0 Å². The van der Waals surface area contributed by atoms with Crippen LogP contribution >= 0.6 is 0 Å². The van der Waals surface area contributed by atoms with Crippen molar-refractivity contribution in [3.63, 3.8) is 0 Å².